The first-order chi connectivity index (χ1) is 11.8. The highest BCUT2D eigenvalue weighted by Gasteiger charge is 2.32. The predicted molar refractivity (Wildman–Crippen MR) is 93.0 cm³/mol. The number of anilines is 2. The summed E-state index contributed by atoms with van der Waals surface area (Å²) in [5.74, 6) is 1.80. The third-order valence-electron chi connectivity index (χ3n) is 4.41. The molecule has 0 bridgehead atoms. The molecule has 1 aliphatic rings. The molecule has 0 fully saturated rings. The molecule has 0 amide bonds. The fourth-order valence-electron chi connectivity index (χ4n) is 3.30. The second kappa shape index (κ2) is 5.88. The van der Waals surface area contributed by atoms with Crippen molar-refractivity contribution in [2.24, 2.45) is 0 Å². The van der Waals surface area contributed by atoms with Crippen molar-refractivity contribution in [3.63, 3.8) is 0 Å². The lowest BCUT2D eigenvalue weighted by Crippen LogP contribution is -2.28. The lowest BCUT2D eigenvalue weighted by Gasteiger charge is -2.32. The number of para-hydroxylation sites is 1. The SMILES string of the molecule is COc1ccccc1[C@H]1C[C@@H](c2ccccc2)Nc2nc(N)nn21. The molecule has 3 N–H and O–H groups in total. The normalized spacial score (nSPS) is 19.4. The second-order valence-electron chi connectivity index (χ2n) is 5.84. The molecule has 0 unspecified atom stereocenters. The van der Waals surface area contributed by atoms with Gasteiger partial charge in [-0.15, -0.1) is 5.10 Å². The highest BCUT2D eigenvalue weighted by molar-refractivity contribution is 5.44. The number of nitrogens with two attached hydrogens (primary N) is 1. The number of nitrogens with one attached hydrogen (secondary N) is 1. The summed E-state index contributed by atoms with van der Waals surface area (Å²) in [5.41, 5.74) is 8.13. The van der Waals surface area contributed by atoms with Crippen LogP contribution in [0.3, 0.4) is 0 Å². The lowest BCUT2D eigenvalue weighted by molar-refractivity contribution is 0.380. The van der Waals surface area contributed by atoms with Gasteiger partial charge in [0, 0.05) is 5.56 Å². The van der Waals surface area contributed by atoms with Crippen LogP contribution in [-0.4, -0.2) is 21.9 Å². The molecule has 0 spiro atoms. The minimum Gasteiger partial charge on any atom is -0.496 e. The fourth-order valence-corrected chi connectivity index (χ4v) is 3.30. The average Bonchev–Trinajstić information content (AvgIpc) is 3.01. The van der Waals surface area contributed by atoms with Crippen LogP contribution in [0, 0.1) is 0 Å². The van der Waals surface area contributed by atoms with Gasteiger partial charge in [-0.2, -0.15) is 4.98 Å². The maximum atomic E-state index is 5.84. The van der Waals surface area contributed by atoms with Crippen molar-refractivity contribution < 1.29 is 4.74 Å². The Balaban J connectivity index is 1.80. The summed E-state index contributed by atoms with van der Waals surface area (Å²) < 4.78 is 7.40. The van der Waals surface area contributed by atoms with Gasteiger partial charge in [-0.05, 0) is 18.1 Å². The highest BCUT2D eigenvalue weighted by atomic mass is 16.5. The zero-order chi connectivity index (χ0) is 16.5. The Morgan fingerprint density at radius 2 is 1.88 bits per heavy atom. The molecule has 1 aliphatic heterocycles. The molecular formula is C18H19N5O. The van der Waals surface area contributed by atoms with Crippen LogP contribution in [0.1, 0.15) is 29.6 Å². The number of fused-ring (bicyclic) bond motifs is 1. The summed E-state index contributed by atoms with van der Waals surface area (Å²) >= 11 is 0. The van der Waals surface area contributed by atoms with Gasteiger partial charge in [0.05, 0.1) is 19.2 Å². The van der Waals surface area contributed by atoms with Crippen molar-refractivity contribution in [3.8, 4) is 5.75 Å². The van der Waals surface area contributed by atoms with Gasteiger partial charge in [0.2, 0.25) is 11.9 Å². The standard InChI is InChI=1S/C18H19N5O/c1-24-16-10-6-5-9-13(16)15-11-14(12-7-3-2-4-8-12)20-18-21-17(19)22-23(15)18/h2-10,14-15H,11H2,1H3,(H3,19,20,21,22)/t14-,15+/m0/s1. The molecule has 6 heteroatoms. The van der Waals surface area contributed by atoms with Gasteiger partial charge in [0.15, 0.2) is 0 Å². The smallest absolute Gasteiger partial charge is 0.241 e. The molecule has 0 saturated carbocycles. The number of rotatable bonds is 3. The molecule has 24 heavy (non-hydrogen) atoms. The summed E-state index contributed by atoms with van der Waals surface area (Å²) in [6.07, 6.45) is 0.834. The van der Waals surface area contributed by atoms with E-state index in [9.17, 15) is 0 Å². The van der Waals surface area contributed by atoms with Gasteiger partial charge < -0.3 is 15.8 Å². The van der Waals surface area contributed by atoms with Gasteiger partial charge in [-0.1, -0.05) is 48.5 Å². The zero-order valence-electron chi connectivity index (χ0n) is 13.4. The predicted octanol–water partition coefficient (Wildman–Crippen LogP) is 3.02. The Morgan fingerprint density at radius 1 is 1.12 bits per heavy atom. The minimum absolute atomic E-state index is 0.00686. The summed E-state index contributed by atoms with van der Waals surface area (Å²) in [6.45, 7) is 0. The summed E-state index contributed by atoms with van der Waals surface area (Å²) in [5, 5.41) is 7.82. The first kappa shape index (κ1) is 14.6. The number of aromatic nitrogens is 3. The molecule has 6 nitrogen and oxygen atoms in total. The first-order valence-corrected chi connectivity index (χ1v) is 7.92. The van der Waals surface area contributed by atoms with Crippen molar-refractivity contribution in [2.75, 3.05) is 18.2 Å². The van der Waals surface area contributed by atoms with E-state index in [1.165, 1.54) is 5.56 Å². The van der Waals surface area contributed by atoms with Crippen LogP contribution in [0.2, 0.25) is 0 Å². The minimum atomic E-state index is 0.00686. The molecule has 2 heterocycles. The average molecular weight is 321 g/mol. The van der Waals surface area contributed by atoms with Gasteiger partial charge in [0.25, 0.3) is 0 Å². The largest absolute Gasteiger partial charge is 0.496 e. The Bertz CT molecular complexity index is 846. The van der Waals surface area contributed by atoms with E-state index in [2.05, 4.69) is 33.6 Å². The fraction of sp³-hybridized carbons (Fsp3) is 0.222. The number of ether oxygens (including phenoxy) is 1. The number of nitrogens with zero attached hydrogens (tertiary/aromatic N) is 3. The maximum absolute atomic E-state index is 5.84. The monoisotopic (exact) mass is 321 g/mol. The first-order valence-electron chi connectivity index (χ1n) is 7.92. The van der Waals surface area contributed by atoms with Crippen molar-refractivity contribution in [1.29, 1.82) is 0 Å². The van der Waals surface area contributed by atoms with Gasteiger partial charge in [0.1, 0.15) is 5.75 Å². The Morgan fingerprint density at radius 3 is 2.67 bits per heavy atom. The Labute approximate surface area is 140 Å². The molecule has 122 valence electrons. The van der Waals surface area contributed by atoms with Crippen LogP contribution in [-0.2, 0) is 0 Å². The molecule has 0 aliphatic carbocycles. The third kappa shape index (κ3) is 2.46. The van der Waals surface area contributed by atoms with Gasteiger partial charge >= 0.3 is 0 Å². The van der Waals surface area contributed by atoms with Crippen LogP contribution in [0.4, 0.5) is 11.9 Å². The van der Waals surface area contributed by atoms with Crippen LogP contribution in [0.25, 0.3) is 0 Å². The zero-order valence-corrected chi connectivity index (χ0v) is 13.4. The molecule has 4 rings (SSSR count). The molecule has 2 atom stereocenters. The van der Waals surface area contributed by atoms with E-state index in [1.54, 1.807) is 7.11 Å². The van der Waals surface area contributed by atoms with Gasteiger partial charge in [-0.25, -0.2) is 4.68 Å². The second-order valence-corrected chi connectivity index (χ2v) is 5.84. The van der Waals surface area contributed by atoms with E-state index in [0.717, 1.165) is 17.7 Å². The maximum Gasteiger partial charge on any atom is 0.241 e. The van der Waals surface area contributed by atoms with E-state index in [0.29, 0.717) is 5.95 Å². The van der Waals surface area contributed by atoms with Crippen LogP contribution < -0.4 is 15.8 Å². The van der Waals surface area contributed by atoms with E-state index in [1.807, 2.05) is 41.1 Å². The summed E-state index contributed by atoms with van der Waals surface area (Å²) in [7, 11) is 1.69. The van der Waals surface area contributed by atoms with E-state index < -0.39 is 0 Å². The summed E-state index contributed by atoms with van der Waals surface area (Å²) in [6, 6.07) is 18.5. The highest BCUT2D eigenvalue weighted by Crippen LogP contribution is 2.40. The lowest BCUT2D eigenvalue weighted by atomic mass is 9.93. The molecule has 3 aromatic rings. The van der Waals surface area contributed by atoms with Crippen LogP contribution in [0.15, 0.2) is 54.6 Å². The Kier molecular flexibility index (Phi) is 3.57. The molecule has 1 aromatic heterocycles. The van der Waals surface area contributed by atoms with Gasteiger partial charge in [-0.3, -0.25) is 0 Å². The topological polar surface area (TPSA) is 78.0 Å². The number of hydrogen-bond donors (Lipinski definition) is 2. The van der Waals surface area contributed by atoms with Crippen molar-refractivity contribution >= 4 is 11.9 Å². The molecule has 2 aromatic carbocycles. The number of hydrogen-bond acceptors (Lipinski definition) is 5. The third-order valence-corrected chi connectivity index (χ3v) is 4.41. The molecular weight excluding hydrogens is 302 g/mol. The van der Waals surface area contributed by atoms with E-state index >= 15 is 0 Å². The number of nitrogen functional groups attached to an aromatic ring is 1. The summed E-state index contributed by atoms with van der Waals surface area (Å²) in [4.78, 5) is 4.34. The van der Waals surface area contributed by atoms with Crippen LogP contribution in [0.5, 0.6) is 5.75 Å². The van der Waals surface area contributed by atoms with Crippen molar-refractivity contribution in [2.45, 2.75) is 18.5 Å². The van der Waals surface area contributed by atoms with Crippen molar-refractivity contribution in [3.05, 3.63) is 65.7 Å². The molecule has 0 saturated heterocycles. The number of methoxy groups -OCH3 is 1. The van der Waals surface area contributed by atoms with Crippen LogP contribution >= 0.6 is 0 Å². The Hall–Kier alpha value is -3.02. The quantitative estimate of drug-likeness (QED) is 0.775. The number of benzene rings is 2. The van der Waals surface area contributed by atoms with E-state index in [-0.39, 0.29) is 18.0 Å². The van der Waals surface area contributed by atoms with Crippen molar-refractivity contribution in [1.82, 2.24) is 14.8 Å². The van der Waals surface area contributed by atoms with E-state index in [4.69, 9.17) is 10.5 Å². The molecule has 0 radical (unpaired) electrons.